The van der Waals surface area contributed by atoms with Gasteiger partial charge in [-0.1, -0.05) is 90.4 Å². The Morgan fingerprint density at radius 2 is 1.27 bits per heavy atom. The van der Waals surface area contributed by atoms with Gasteiger partial charge < -0.3 is 35.6 Å². The Labute approximate surface area is 199 Å². The molecule has 0 heterocycles. The Morgan fingerprint density at radius 1 is 0.848 bits per heavy atom. The molecule has 0 aliphatic heterocycles. The van der Waals surface area contributed by atoms with Crippen LogP contribution in [-0.2, 0) is 18.6 Å². The van der Waals surface area contributed by atoms with Crippen molar-refractivity contribution in [2.75, 3.05) is 26.4 Å². The van der Waals surface area contributed by atoms with Gasteiger partial charge in [0.15, 0.2) is 0 Å². The average Bonchev–Trinajstić information content (AvgIpc) is 2.76. The number of aliphatic hydroxyl groups excluding tert-OH is 2. The number of hydrogen-bond acceptors (Lipinski definition) is 7. The summed E-state index contributed by atoms with van der Waals surface area (Å²) >= 11 is 0. The maximum atomic E-state index is 10.5. The van der Waals surface area contributed by atoms with E-state index < -0.39 is 39.2 Å². The molecule has 0 radical (unpaired) electrons. The van der Waals surface area contributed by atoms with Crippen molar-refractivity contribution in [3.05, 3.63) is 0 Å². The molecule has 0 aliphatic carbocycles. The predicted molar refractivity (Wildman–Crippen MR) is 128 cm³/mol. The van der Waals surface area contributed by atoms with Crippen LogP contribution in [0.25, 0.3) is 0 Å². The summed E-state index contributed by atoms with van der Waals surface area (Å²) in [4.78, 5) is 26.7. The zero-order valence-electron chi connectivity index (χ0n) is 20.3. The molecule has 0 saturated carbocycles. The van der Waals surface area contributed by atoms with Crippen molar-refractivity contribution in [3.63, 3.8) is 0 Å². The molecule has 2 unspecified atom stereocenters. The van der Waals surface area contributed by atoms with Gasteiger partial charge in [0.1, 0.15) is 12.1 Å². The van der Waals surface area contributed by atoms with Crippen LogP contribution in [0.5, 0.6) is 0 Å². The topological polar surface area (TPSA) is 180 Å². The van der Waals surface area contributed by atoms with Gasteiger partial charge in [-0.15, -0.1) is 0 Å². The number of unbranched alkanes of at least 4 members (excludes halogenated alkanes) is 13. The fourth-order valence-electron chi connectivity index (χ4n) is 2.93. The van der Waals surface area contributed by atoms with Crippen molar-refractivity contribution in [2.24, 2.45) is 5.73 Å². The summed E-state index contributed by atoms with van der Waals surface area (Å²) in [6, 6.07) is -1.13. The van der Waals surface area contributed by atoms with E-state index in [1.54, 1.807) is 0 Å². The van der Waals surface area contributed by atoms with Crippen LogP contribution in [0, 0.1) is 0 Å². The average molecular weight is 502 g/mol. The Balaban J connectivity index is 0. The number of carbonyl (C=O) groups is 1. The first kappa shape index (κ1) is 34.6. The van der Waals surface area contributed by atoms with Crippen LogP contribution < -0.4 is 5.73 Å². The molecule has 0 spiro atoms. The van der Waals surface area contributed by atoms with E-state index in [1.165, 1.54) is 77.0 Å². The maximum absolute atomic E-state index is 10.5. The summed E-state index contributed by atoms with van der Waals surface area (Å²) in [7, 11) is -4.51. The standard InChI is InChI=1S/C19H41O6P.C3H7NO3/c1-2-3-4-5-6-7-8-9-10-11-12-13-14-15-16-24-17-19(20)18-25-26(21,22)23;4-2(1-5)3(6)7/h19-20H,2-18H2,1H3,(H2,21,22,23);2,5H,1,4H2,(H,6,7). The molecule has 10 nitrogen and oxygen atoms in total. The molecule has 33 heavy (non-hydrogen) atoms. The van der Waals surface area contributed by atoms with E-state index in [0.717, 1.165) is 12.8 Å². The van der Waals surface area contributed by atoms with E-state index in [1.807, 2.05) is 0 Å². The fourth-order valence-corrected chi connectivity index (χ4v) is 3.29. The minimum Gasteiger partial charge on any atom is -0.480 e. The van der Waals surface area contributed by atoms with Gasteiger partial charge in [0, 0.05) is 6.61 Å². The quantitative estimate of drug-likeness (QED) is 0.0951. The van der Waals surface area contributed by atoms with Gasteiger partial charge >= 0.3 is 13.8 Å². The minimum atomic E-state index is -4.51. The van der Waals surface area contributed by atoms with E-state index in [0.29, 0.717) is 6.61 Å². The largest absolute Gasteiger partial charge is 0.480 e. The first-order chi connectivity index (χ1) is 15.6. The summed E-state index contributed by atoms with van der Waals surface area (Å²) in [5.41, 5.74) is 4.77. The zero-order chi connectivity index (χ0) is 25.4. The number of phosphoric ester groups is 1. The third-order valence-corrected chi connectivity index (χ3v) is 5.39. The summed E-state index contributed by atoms with van der Waals surface area (Å²) in [5.74, 6) is -1.18. The zero-order valence-corrected chi connectivity index (χ0v) is 21.2. The van der Waals surface area contributed by atoms with Crippen molar-refractivity contribution >= 4 is 13.8 Å². The number of aliphatic carboxylic acids is 1. The number of aliphatic hydroxyl groups is 2. The van der Waals surface area contributed by atoms with Crippen molar-refractivity contribution < 1.29 is 43.7 Å². The molecule has 0 fully saturated rings. The van der Waals surface area contributed by atoms with Crippen LogP contribution in [0.3, 0.4) is 0 Å². The Kier molecular flexibility index (Phi) is 25.7. The molecule has 0 aromatic heterocycles. The van der Waals surface area contributed by atoms with Crippen molar-refractivity contribution in [3.8, 4) is 0 Å². The minimum absolute atomic E-state index is 0.0401. The molecule has 7 N–H and O–H groups in total. The van der Waals surface area contributed by atoms with Gasteiger partial charge in [-0.25, -0.2) is 4.57 Å². The molecule has 0 aromatic carbocycles. The number of hydrogen-bond donors (Lipinski definition) is 6. The summed E-state index contributed by atoms with van der Waals surface area (Å²) < 4.78 is 20.0. The van der Waals surface area contributed by atoms with Gasteiger partial charge in [0.2, 0.25) is 0 Å². The van der Waals surface area contributed by atoms with Crippen LogP contribution in [0.2, 0.25) is 0 Å². The van der Waals surface area contributed by atoms with Gasteiger partial charge in [0.05, 0.1) is 19.8 Å². The molecule has 0 rings (SSSR count). The fraction of sp³-hybridized carbons (Fsp3) is 0.955. The molecule has 0 aromatic rings. The number of rotatable bonds is 22. The number of carboxylic acids is 1. The van der Waals surface area contributed by atoms with Crippen molar-refractivity contribution in [1.82, 2.24) is 0 Å². The highest BCUT2D eigenvalue weighted by atomic mass is 31.2. The third kappa shape index (κ3) is 31.4. The molecule has 0 saturated heterocycles. The molecular weight excluding hydrogens is 453 g/mol. The maximum Gasteiger partial charge on any atom is 0.469 e. The van der Waals surface area contributed by atoms with E-state index >= 15 is 0 Å². The molecule has 2 atom stereocenters. The van der Waals surface area contributed by atoms with Crippen LogP contribution in [-0.4, -0.2) is 69.6 Å². The number of phosphoric acid groups is 1. The highest BCUT2D eigenvalue weighted by Crippen LogP contribution is 2.35. The van der Waals surface area contributed by atoms with E-state index in [9.17, 15) is 14.5 Å². The lowest BCUT2D eigenvalue weighted by Crippen LogP contribution is -2.33. The second-order valence-electron chi connectivity index (χ2n) is 8.24. The monoisotopic (exact) mass is 501 g/mol. The van der Waals surface area contributed by atoms with Crippen molar-refractivity contribution in [1.29, 1.82) is 0 Å². The van der Waals surface area contributed by atoms with E-state index in [4.69, 9.17) is 30.5 Å². The van der Waals surface area contributed by atoms with Crippen LogP contribution >= 0.6 is 7.82 Å². The molecule has 0 bridgehead atoms. The number of nitrogens with two attached hydrogens (primary N) is 1. The second kappa shape index (κ2) is 24.5. The van der Waals surface area contributed by atoms with Gasteiger partial charge in [0.25, 0.3) is 0 Å². The summed E-state index contributed by atoms with van der Waals surface area (Å²) in [6.45, 7) is 1.94. The Morgan fingerprint density at radius 3 is 1.61 bits per heavy atom. The van der Waals surface area contributed by atoms with Crippen LogP contribution in [0.4, 0.5) is 0 Å². The lowest BCUT2D eigenvalue weighted by Gasteiger charge is -2.12. The SMILES string of the molecule is CCCCCCCCCCCCCCCCOCC(O)COP(=O)(O)O.NC(CO)C(=O)O. The normalized spacial score (nSPS) is 13.3. The first-order valence-corrected chi connectivity index (χ1v) is 13.7. The molecular formula is C22H48NO9P. The molecule has 11 heteroatoms. The third-order valence-electron chi connectivity index (χ3n) is 4.90. The molecule has 200 valence electrons. The van der Waals surface area contributed by atoms with Crippen LogP contribution in [0.15, 0.2) is 0 Å². The lowest BCUT2D eigenvalue weighted by molar-refractivity contribution is -0.139. The highest BCUT2D eigenvalue weighted by molar-refractivity contribution is 7.46. The number of ether oxygens (including phenoxy) is 1. The summed E-state index contributed by atoms with van der Waals surface area (Å²) in [6.07, 6.45) is 17.3. The highest BCUT2D eigenvalue weighted by Gasteiger charge is 2.16. The summed E-state index contributed by atoms with van der Waals surface area (Å²) in [5, 5.41) is 25.3. The van der Waals surface area contributed by atoms with E-state index in [2.05, 4.69) is 11.4 Å². The van der Waals surface area contributed by atoms with E-state index in [-0.39, 0.29) is 6.61 Å². The van der Waals surface area contributed by atoms with Gasteiger partial charge in [-0.2, -0.15) is 0 Å². The second-order valence-corrected chi connectivity index (χ2v) is 9.48. The predicted octanol–water partition coefficient (Wildman–Crippen LogP) is 3.35. The Hall–Kier alpha value is -0.580. The lowest BCUT2D eigenvalue weighted by atomic mass is 10.0. The number of carboxylic acid groups (broad SMARTS) is 1. The molecule has 0 aliphatic rings. The smallest absolute Gasteiger partial charge is 0.469 e. The van der Waals surface area contributed by atoms with Crippen LogP contribution in [0.1, 0.15) is 96.8 Å². The van der Waals surface area contributed by atoms with Gasteiger partial charge in [-0.05, 0) is 6.42 Å². The molecule has 0 amide bonds. The van der Waals surface area contributed by atoms with Gasteiger partial charge in [-0.3, -0.25) is 9.32 Å². The Bertz CT molecular complexity index is 477. The first-order valence-electron chi connectivity index (χ1n) is 12.2. The van der Waals surface area contributed by atoms with Crippen molar-refractivity contribution in [2.45, 2.75) is 109 Å².